The molecule has 0 bridgehead atoms. The van der Waals surface area contributed by atoms with Crippen LogP contribution in [0.5, 0.6) is 0 Å². The lowest BCUT2D eigenvalue weighted by Crippen LogP contribution is -2.52. The molecule has 0 saturated carbocycles. The van der Waals surface area contributed by atoms with E-state index in [2.05, 4.69) is 0 Å². The van der Waals surface area contributed by atoms with Gasteiger partial charge in [0.1, 0.15) is 0 Å². The van der Waals surface area contributed by atoms with E-state index < -0.39 is 10.2 Å². The Morgan fingerprint density at radius 3 is 2.20 bits per heavy atom. The normalized spacial score (nSPS) is 17.2. The molecule has 1 aromatic rings. The van der Waals surface area contributed by atoms with Gasteiger partial charge < -0.3 is 4.90 Å². The SMILES string of the molecule is NS(=O)(=O)N1CCN(C(=O)Cc2ccc(Cl)cc2)CC1. The number of halogens is 1. The summed E-state index contributed by atoms with van der Waals surface area (Å²) in [5.41, 5.74) is 0.883. The Morgan fingerprint density at radius 1 is 1.15 bits per heavy atom. The zero-order valence-corrected chi connectivity index (χ0v) is 12.4. The van der Waals surface area contributed by atoms with Gasteiger partial charge in [-0.3, -0.25) is 4.79 Å². The fraction of sp³-hybridized carbons (Fsp3) is 0.417. The smallest absolute Gasteiger partial charge is 0.277 e. The summed E-state index contributed by atoms with van der Waals surface area (Å²) in [6, 6.07) is 7.09. The molecule has 1 saturated heterocycles. The molecular weight excluding hydrogens is 302 g/mol. The number of benzene rings is 1. The largest absolute Gasteiger partial charge is 0.340 e. The van der Waals surface area contributed by atoms with Crippen molar-refractivity contribution >= 4 is 27.7 Å². The highest BCUT2D eigenvalue weighted by molar-refractivity contribution is 7.86. The van der Waals surface area contributed by atoms with Crippen molar-refractivity contribution in [2.24, 2.45) is 5.14 Å². The van der Waals surface area contributed by atoms with Crippen LogP contribution < -0.4 is 5.14 Å². The molecule has 0 unspecified atom stereocenters. The lowest BCUT2D eigenvalue weighted by Gasteiger charge is -2.33. The summed E-state index contributed by atoms with van der Waals surface area (Å²) in [6.07, 6.45) is 0.284. The maximum atomic E-state index is 12.1. The molecule has 1 aliphatic heterocycles. The highest BCUT2D eigenvalue weighted by Crippen LogP contribution is 2.12. The number of hydrogen-bond acceptors (Lipinski definition) is 3. The van der Waals surface area contributed by atoms with Crippen molar-refractivity contribution in [3.05, 3.63) is 34.9 Å². The maximum absolute atomic E-state index is 12.1. The second-order valence-electron chi connectivity index (χ2n) is 4.63. The van der Waals surface area contributed by atoms with Gasteiger partial charge in [-0.1, -0.05) is 23.7 Å². The topological polar surface area (TPSA) is 83.7 Å². The lowest BCUT2D eigenvalue weighted by atomic mass is 10.1. The van der Waals surface area contributed by atoms with Crippen LogP contribution in [0, 0.1) is 0 Å². The third kappa shape index (κ3) is 3.92. The Hall–Kier alpha value is -1.15. The van der Waals surface area contributed by atoms with Gasteiger partial charge in [0.25, 0.3) is 10.2 Å². The third-order valence-electron chi connectivity index (χ3n) is 3.22. The molecule has 1 heterocycles. The minimum atomic E-state index is -3.66. The van der Waals surface area contributed by atoms with Gasteiger partial charge in [0, 0.05) is 31.2 Å². The van der Waals surface area contributed by atoms with Gasteiger partial charge in [-0.05, 0) is 17.7 Å². The molecule has 0 spiro atoms. The number of piperazine rings is 1. The molecular formula is C12H16ClN3O3S. The summed E-state index contributed by atoms with van der Waals surface area (Å²) in [5, 5.41) is 5.68. The van der Waals surface area contributed by atoms with E-state index in [0.29, 0.717) is 18.1 Å². The highest BCUT2D eigenvalue weighted by Gasteiger charge is 2.26. The van der Waals surface area contributed by atoms with E-state index in [1.54, 1.807) is 29.2 Å². The van der Waals surface area contributed by atoms with E-state index in [9.17, 15) is 13.2 Å². The lowest BCUT2D eigenvalue weighted by molar-refractivity contribution is -0.131. The number of rotatable bonds is 3. The molecule has 1 fully saturated rings. The first-order valence-corrected chi connectivity index (χ1v) is 8.04. The summed E-state index contributed by atoms with van der Waals surface area (Å²) >= 11 is 5.79. The number of hydrogen-bond donors (Lipinski definition) is 1. The predicted octanol–water partition coefficient (Wildman–Crippen LogP) is 0.230. The van der Waals surface area contributed by atoms with Crippen molar-refractivity contribution < 1.29 is 13.2 Å². The summed E-state index contributed by atoms with van der Waals surface area (Å²) in [6.45, 7) is 1.21. The Bertz CT molecular complexity index is 580. The predicted molar refractivity (Wildman–Crippen MR) is 76.4 cm³/mol. The van der Waals surface area contributed by atoms with Crippen molar-refractivity contribution in [3.8, 4) is 0 Å². The Balaban J connectivity index is 1.90. The van der Waals surface area contributed by atoms with Crippen molar-refractivity contribution in [3.63, 3.8) is 0 Å². The molecule has 0 aromatic heterocycles. The summed E-state index contributed by atoms with van der Waals surface area (Å²) < 4.78 is 23.5. The van der Waals surface area contributed by atoms with Crippen molar-refractivity contribution in [2.45, 2.75) is 6.42 Å². The second-order valence-corrected chi connectivity index (χ2v) is 6.61. The molecule has 1 aliphatic rings. The van der Waals surface area contributed by atoms with Crippen LogP contribution in [-0.4, -0.2) is 49.7 Å². The monoisotopic (exact) mass is 317 g/mol. The average Bonchev–Trinajstić information content (AvgIpc) is 2.40. The van der Waals surface area contributed by atoms with Crippen molar-refractivity contribution in [1.29, 1.82) is 0 Å². The molecule has 2 N–H and O–H groups in total. The van der Waals surface area contributed by atoms with Crippen LogP contribution in [0.2, 0.25) is 5.02 Å². The van der Waals surface area contributed by atoms with Crippen LogP contribution in [0.4, 0.5) is 0 Å². The van der Waals surface area contributed by atoms with Gasteiger partial charge in [0.2, 0.25) is 5.91 Å². The van der Waals surface area contributed by atoms with E-state index >= 15 is 0 Å². The first-order chi connectivity index (χ1) is 9.36. The summed E-state index contributed by atoms with van der Waals surface area (Å²) in [4.78, 5) is 13.8. The van der Waals surface area contributed by atoms with Crippen LogP contribution >= 0.6 is 11.6 Å². The summed E-state index contributed by atoms with van der Waals surface area (Å²) in [5.74, 6) is -0.0265. The van der Waals surface area contributed by atoms with Crippen LogP contribution in [0.3, 0.4) is 0 Å². The first-order valence-electron chi connectivity index (χ1n) is 6.16. The standard InChI is InChI=1S/C12H16ClN3O3S/c13-11-3-1-10(2-4-11)9-12(17)15-5-7-16(8-6-15)20(14,18)19/h1-4H,5-9H2,(H2,14,18,19). The fourth-order valence-electron chi connectivity index (χ4n) is 2.08. The van der Waals surface area contributed by atoms with Crippen LogP contribution in [-0.2, 0) is 21.4 Å². The molecule has 0 aliphatic carbocycles. The molecule has 0 atom stereocenters. The van der Waals surface area contributed by atoms with E-state index in [0.717, 1.165) is 5.56 Å². The van der Waals surface area contributed by atoms with E-state index in [1.807, 2.05) is 0 Å². The molecule has 0 radical (unpaired) electrons. The Kier molecular flexibility index (Phi) is 4.64. The molecule has 1 amide bonds. The molecule has 1 aromatic carbocycles. The van der Waals surface area contributed by atoms with Gasteiger partial charge in [-0.2, -0.15) is 12.7 Å². The fourth-order valence-corrected chi connectivity index (χ4v) is 2.88. The molecule has 8 heteroatoms. The van der Waals surface area contributed by atoms with Crippen molar-refractivity contribution in [1.82, 2.24) is 9.21 Å². The van der Waals surface area contributed by atoms with Crippen LogP contribution in [0.25, 0.3) is 0 Å². The average molecular weight is 318 g/mol. The van der Waals surface area contributed by atoms with Gasteiger partial charge >= 0.3 is 0 Å². The number of carbonyl (C=O) groups excluding carboxylic acids is 1. The third-order valence-corrected chi connectivity index (χ3v) is 4.56. The molecule has 110 valence electrons. The quantitative estimate of drug-likeness (QED) is 0.866. The number of nitrogens with two attached hydrogens (primary N) is 1. The molecule has 20 heavy (non-hydrogen) atoms. The zero-order valence-electron chi connectivity index (χ0n) is 10.8. The van der Waals surface area contributed by atoms with Crippen LogP contribution in [0.15, 0.2) is 24.3 Å². The van der Waals surface area contributed by atoms with E-state index in [4.69, 9.17) is 16.7 Å². The van der Waals surface area contributed by atoms with Gasteiger partial charge in [0.05, 0.1) is 6.42 Å². The van der Waals surface area contributed by atoms with Crippen LogP contribution in [0.1, 0.15) is 5.56 Å². The molecule has 2 rings (SSSR count). The van der Waals surface area contributed by atoms with E-state index in [-0.39, 0.29) is 25.4 Å². The second kappa shape index (κ2) is 6.09. The van der Waals surface area contributed by atoms with Gasteiger partial charge in [-0.15, -0.1) is 0 Å². The minimum Gasteiger partial charge on any atom is -0.340 e. The Morgan fingerprint density at radius 2 is 1.70 bits per heavy atom. The number of nitrogens with zero attached hydrogens (tertiary/aromatic N) is 2. The van der Waals surface area contributed by atoms with Gasteiger partial charge in [-0.25, -0.2) is 5.14 Å². The van der Waals surface area contributed by atoms with Gasteiger partial charge in [0.15, 0.2) is 0 Å². The minimum absolute atomic E-state index is 0.0265. The maximum Gasteiger partial charge on any atom is 0.277 e. The first kappa shape index (κ1) is 15.2. The van der Waals surface area contributed by atoms with E-state index in [1.165, 1.54) is 4.31 Å². The molecule has 6 nitrogen and oxygen atoms in total. The Labute approximate surface area is 123 Å². The zero-order chi connectivity index (χ0) is 14.8. The highest BCUT2D eigenvalue weighted by atomic mass is 35.5. The number of carbonyl (C=O) groups is 1. The van der Waals surface area contributed by atoms with Crippen molar-refractivity contribution in [2.75, 3.05) is 26.2 Å². The summed E-state index contributed by atoms with van der Waals surface area (Å²) in [7, 11) is -3.66. The number of amides is 1.